The van der Waals surface area contributed by atoms with Gasteiger partial charge in [-0.2, -0.15) is 0 Å². The van der Waals surface area contributed by atoms with Crippen LogP contribution in [0.3, 0.4) is 0 Å². The Balaban J connectivity index is 3.28. The maximum Gasteiger partial charge on any atom is 0.270 e. The number of carbonyl (C=O) groups is 1. The minimum absolute atomic E-state index is 0.0213. The van der Waals surface area contributed by atoms with Gasteiger partial charge in [-0.05, 0) is 26.0 Å². The zero-order chi connectivity index (χ0) is 10.7. The first-order valence-electron chi connectivity index (χ1n) is 4.30. The van der Waals surface area contributed by atoms with Gasteiger partial charge in [0.25, 0.3) is 11.5 Å². The van der Waals surface area contributed by atoms with Crippen LogP contribution < -0.4 is 16.8 Å². The van der Waals surface area contributed by atoms with Crippen LogP contribution in [0.2, 0.25) is 0 Å². The highest BCUT2D eigenvalue weighted by atomic mass is 16.2. The number of carbonyl (C=O) groups excluding carboxylic acids is 1. The summed E-state index contributed by atoms with van der Waals surface area (Å²) in [5, 5.41) is 0. The fourth-order valence-electron chi connectivity index (χ4n) is 1.17. The van der Waals surface area contributed by atoms with Crippen molar-refractivity contribution >= 4 is 5.91 Å². The van der Waals surface area contributed by atoms with Crippen LogP contribution in [0.5, 0.6) is 0 Å². The summed E-state index contributed by atoms with van der Waals surface area (Å²) >= 11 is 0. The number of amides is 1. The largest absolute Gasteiger partial charge is 0.312 e. The second kappa shape index (κ2) is 4.06. The SMILES string of the molecule is CC(C)n1cccc(C(=O)NN)c1=O. The first-order chi connectivity index (χ1) is 6.57. The van der Waals surface area contributed by atoms with Crippen molar-refractivity contribution in [3.63, 3.8) is 0 Å². The van der Waals surface area contributed by atoms with E-state index in [1.165, 1.54) is 10.6 Å². The molecule has 1 amide bonds. The minimum Gasteiger partial charge on any atom is -0.312 e. The minimum atomic E-state index is -0.565. The molecule has 0 bridgehead atoms. The van der Waals surface area contributed by atoms with Crippen LogP contribution in [-0.4, -0.2) is 10.5 Å². The second-order valence-corrected chi connectivity index (χ2v) is 3.20. The fourth-order valence-corrected chi connectivity index (χ4v) is 1.17. The Morgan fingerprint density at radius 1 is 1.57 bits per heavy atom. The summed E-state index contributed by atoms with van der Waals surface area (Å²) < 4.78 is 1.48. The summed E-state index contributed by atoms with van der Waals surface area (Å²) in [6, 6.07) is 3.11. The molecule has 0 aromatic carbocycles. The van der Waals surface area contributed by atoms with Crippen LogP contribution in [0, 0.1) is 0 Å². The van der Waals surface area contributed by atoms with Crippen molar-refractivity contribution in [1.29, 1.82) is 0 Å². The van der Waals surface area contributed by atoms with Gasteiger partial charge >= 0.3 is 0 Å². The number of nitrogen functional groups attached to an aromatic ring is 1. The molecular formula is C9H13N3O2. The number of nitrogens with one attached hydrogen (secondary N) is 1. The molecule has 0 saturated carbocycles. The predicted octanol–water partition coefficient (Wildman–Crippen LogP) is 0.0327. The maximum atomic E-state index is 11.7. The summed E-state index contributed by atoms with van der Waals surface area (Å²) in [6.45, 7) is 3.73. The molecule has 76 valence electrons. The van der Waals surface area contributed by atoms with E-state index < -0.39 is 5.91 Å². The van der Waals surface area contributed by atoms with E-state index >= 15 is 0 Å². The second-order valence-electron chi connectivity index (χ2n) is 3.20. The van der Waals surface area contributed by atoms with Crippen molar-refractivity contribution < 1.29 is 4.79 Å². The van der Waals surface area contributed by atoms with Crippen molar-refractivity contribution in [1.82, 2.24) is 9.99 Å². The van der Waals surface area contributed by atoms with E-state index in [0.717, 1.165) is 0 Å². The molecule has 1 heterocycles. The van der Waals surface area contributed by atoms with E-state index in [0.29, 0.717) is 0 Å². The number of pyridine rings is 1. The third-order valence-corrected chi connectivity index (χ3v) is 1.91. The average Bonchev–Trinajstić information content (AvgIpc) is 2.16. The van der Waals surface area contributed by atoms with E-state index in [1.54, 1.807) is 12.3 Å². The Hall–Kier alpha value is -1.62. The molecule has 1 rings (SSSR count). The van der Waals surface area contributed by atoms with Crippen molar-refractivity contribution in [3.05, 3.63) is 34.2 Å². The van der Waals surface area contributed by atoms with Gasteiger partial charge in [-0.1, -0.05) is 0 Å². The van der Waals surface area contributed by atoms with Gasteiger partial charge in [0.15, 0.2) is 0 Å². The lowest BCUT2D eigenvalue weighted by molar-refractivity contribution is 0.0951. The molecule has 0 fully saturated rings. The van der Waals surface area contributed by atoms with Gasteiger partial charge in [0.05, 0.1) is 0 Å². The Morgan fingerprint density at radius 3 is 2.71 bits per heavy atom. The van der Waals surface area contributed by atoms with Crippen LogP contribution in [-0.2, 0) is 0 Å². The zero-order valence-corrected chi connectivity index (χ0v) is 8.15. The molecule has 1 aromatic heterocycles. The van der Waals surface area contributed by atoms with E-state index in [4.69, 9.17) is 5.84 Å². The predicted molar refractivity (Wildman–Crippen MR) is 52.7 cm³/mol. The first kappa shape index (κ1) is 10.5. The van der Waals surface area contributed by atoms with E-state index in [-0.39, 0.29) is 17.2 Å². The van der Waals surface area contributed by atoms with Crippen molar-refractivity contribution in [2.24, 2.45) is 5.84 Å². The van der Waals surface area contributed by atoms with Crippen molar-refractivity contribution in [2.75, 3.05) is 0 Å². The van der Waals surface area contributed by atoms with Gasteiger partial charge in [-0.15, -0.1) is 0 Å². The molecule has 0 aliphatic carbocycles. The quantitative estimate of drug-likeness (QED) is 0.397. The Morgan fingerprint density at radius 2 is 2.21 bits per heavy atom. The van der Waals surface area contributed by atoms with Crippen LogP contribution in [0.1, 0.15) is 30.2 Å². The van der Waals surface area contributed by atoms with E-state index in [2.05, 4.69) is 0 Å². The summed E-state index contributed by atoms with van der Waals surface area (Å²) in [5.41, 5.74) is 1.67. The fraction of sp³-hybridized carbons (Fsp3) is 0.333. The molecule has 3 N–H and O–H groups in total. The maximum absolute atomic E-state index is 11.7. The lowest BCUT2D eigenvalue weighted by Gasteiger charge is -2.10. The molecule has 0 aliphatic rings. The standard InChI is InChI=1S/C9H13N3O2/c1-6(2)12-5-3-4-7(9(12)14)8(13)11-10/h3-6H,10H2,1-2H3,(H,11,13). The van der Waals surface area contributed by atoms with Crippen LogP contribution in [0.15, 0.2) is 23.1 Å². The van der Waals surface area contributed by atoms with Gasteiger partial charge < -0.3 is 4.57 Å². The molecule has 0 aliphatic heterocycles. The average molecular weight is 195 g/mol. The van der Waals surface area contributed by atoms with Gasteiger partial charge in [-0.3, -0.25) is 15.0 Å². The van der Waals surface area contributed by atoms with Gasteiger partial charge in [0.1, 0.15) is 5.56 Å². The smallest absolute Gasteiger partial charge is 0.270 e. The third-order valence-electron chi connectivity index (χ3n) is 1.91. The third kappa shape index (κ3) is 1.82. The molecule has 0 unspecified atom stereocenters. The molecule has 1 aromatic rings. The highest BCUT2D eigenvalue weighted by Crippen LogP contribution is 2.00. The normalized spacial score (nSPS) is 10.3. The van der Waals surface area contributed by atoms with Crippen LogP contribution in [0.25, 0.3) is 0 Å². The Bertz CT molecular complexity index is 395. The van der Waals surface area contributed by atoms with Crippen LogP contribution >= 0.6 is 0 Å². The summed E-state index contributed by atoms with van der Waals surface area (Å²) in [5.74, 6) is 4.39. The number of nitrogens with two attached hydrogens (primary N) is 1. The molecule has 14 heavy (non-hydrogen) atoms. The van der Waals surface area contributed by atoms with Gasteiger partial charge in [-0.25, -0.2) is 5.84 Å². The zero-order valence-electron chi connectivity index (χ0n) is 8.15. The van der Waals surface area contributed by atoms with E-state index in [1.807, 2.05) is 19.3 Å². The summed E-state index contributed by atoms with van der Waals surface area (Å²) in [7, 11) is 0. The number of rotatable bonds is 2. The van der Waals surface area contributed by atoms with Gasteiger partial charge in [0.2, 0.25) is 0 Å². The van der Waals surface area contributed by atoms with Crippen molar-refractivity contribution in [3.8, 4) is 0 Å². The topological polar surface area (TPSA) is 77.1 Å². The lowest BCUT2D eigenvalue weighted by atomic mass is 10.2. The number of hydrazine groups is 1. The number of hydrogen-bond donors (Lipinski definition) is 2. The molecule has 5 heteroatoms. The number of hydrogen-bond acceptors (Lipinski definition) is 3. The highest BCUT2D eigenvalue weighted by molar-refractivity contribution is 5.93. The van der Waals surface area contributed by atoms with Crippen molar-refractivity contribution in [2.45, 2.75) is 19.9 Å². The van der Waals surface area contributed by atoms with Crippen LogP contribution in [0.4, 0.5) is 0 Å². The molecular weight excluding hydrogens is 182 g/mol. The lowest BCUT2D eigenvalue weighted by Crippen LogP contribution is -2.36. The summed E-state index contributed by atoms with van der Waals surface area (Å²) in [6.07, 6.45) is 1.64. The number of nitrogens with zero attached hydrogens (tertiary/aromatic N) is 1. The Kier molecular flexibility index (Phi) is 3.03. The number of aromatic nitrogens is 1. The molecule has 5 nitrogen and oxygen atoms in total. The molecule has 0 atom stereocenters. The summed E-state index contributed by atoms with van der Waals surface area (Å²) in [4.78, 5) is 22.8. The first-order valence-corrected chi connectivity index (χ1v) is 4.30. The highest BCUT2D eigenvalue weighted by Gasteiger charge is 2.11. The molecule has 0 spiro atoms. The van der Waals surface area contributed by atoms with E-state index in [9.17, 15) is 9.59 Å². The molecule has 0 saturated heterocycles. The molecule has 0 radical (unpaired) electrons. The monoisotopic (exact) mass is 195 g/mol. The van der Waals surface area contributed by atoms with Gasteiger partial charge in [0, 0.05) is 12.2 Å². The Labute approximate surface area is 81.5 Å².